The molecule has 2 unspecified atom stereocenters. The van der Waals surface area contributed by atoms with Crippen LogP contribution in [-0.2, 0) is 0 Å². The van der Waals surface area contributed by atoms with Crippen molar-refractivity contribution in [3.05, 3.63) is 60.5 Å². The van der Waals surface area contributed by atoms with Gasteiger partial charge in [-0.3, -0.25) is 19.7 Å². The van der Waals surface area contributed by atoms with Crippen LogP contribution in [0, 0.1) is 0 Å². The van der Waals surface area contributed by atoms with Gasteiger partial charge in [-0.1, -0.05) is 11.2 Å². The summed E-state index contributed by atoms with van der Waals surface area (Å²) in [6.07, 6.45) is 5.69. The number of nitrogens with zero attached hydrogens (tertiary/aromatic N) is 5. The zero-order chi connectivity index (χ0) is 17.9. The van der Waals surface area contributed by atoms with Gasteiger partial charge in [0.15, 0.2) is 0 Å². The molecule has 0 aromatic carbocycles. The Morgan fingerprint density at radius 2 is 2.08 bits per heavy atom. The molecule has 4 heterocycles. The van der Waals surface area contributed by atoms with Gasteiger partial charge in [0.1, 0.15) is 5.69 Å². The minimum atomic E-state index is -0.173. The van der Waals surface area contributed by atoms with Gasteiger partial charge < -0.3 is 9.84 Å². The molecule has 4 rings (SSSR count). The predicted octanol–water partition coefficient (Wildman–Crippen LogP) is 1.70. The first kappa shape index (κ1) is 16.3. The van der Waals surface area contributed by atoms with Crippen molar-refractivity contribution in [3.8, 4) is 11.4 Å². The Bertz CT molecular complexity index is 883. The number of aromatic nitrogens is 4. The highest BCUT2D eigenvalue weighted by Crippen LogP contribution is 2.30. The number of hydrogen-bond acceptors (Lipinski definition) is 7. The van der Waals surface area contributed by atoms with E-state index in [9.17, 15) is 4.79 Å². The maximum absolute atomic E-state index is 12.3. The summed E-state index contributed by atoms with van der Waals surface area (Å²) in [6, 6.07) is 8.91. The second kappa shape index (κ2) is 7.01. The molecule has 132 valence electrons. The molecule has 1 saturated heterocycles. The van der Waals surface area contributed by atoms with Gasteiger partial charge in [0, 0.05) is 36.7 Å². The van der Waals surface area contributed by atoms with Crippen LogP contribution >= 0.6 is 0 Å². The highest BCUT2D eigenvalue weighted by atomic mass is 16.5. The van der Waals surface area contributed by atoms with Crippen LogP contribution in [0.5, 0.6) is 0 Å². The Balaban J connectivity index is 1.44. The molecular weight excluding hydrogens is 332 g/mol. The quantitative estimate of drug-likeness (QED) is 0.765. The van der Waals surface area contributed by atoms with Crippen LogP contribution in [0.4, 0.5) is 0 Å². The Morgan fingerprint density at radius 3 is 2.85 bits per heavy atom. The molecule has 0 saturated carbocycles. The van der Waals surface area contributed by atoms with Crippen LogP contribution in [0.2, 0.25) is 0 Å². The van der Waals surface area contributed by atoms with Crippen molar-refractivity contribution in [2.24, 2.45) is 0 Å². The molecule has 26 heavy (non-hydrogen) atoms. The molecule has 1 aliphatic rings. The van der Waals surface area contributed by atoms with Gasteiger partial charge in [0.25, 0.3) is 5.91 Å². The molecule has 3 aromatic heterocycles. The van der Waals surface area contributed by atoms with E-state index in [1.54, 1.807) is 36.8 Å². The molecule has 1 fully saturated rings. The Labute approximate surface area is 150 Å². The molecule has 8 heteroatoms. The Kier molecular flexibility index (Phi) is 4.40. The maximum Gasteiger partial charge on any atom is 0.270 e. The molecule has 0 radical (unpaired) electrons. The molecule has 8 nitrogen and oxygen atoms in total. The maximum atomic E-state index is 12.3. The van der Waals surface area contributed by atoms with Crippen molar-refractivity contribution >= 4 is 5.91 Å². The number of likely N-dealkylation sites (N-methyl/N-ethyl adjacent to an activating group) is 1. The number of carbonyl (C=O) groups excluding carboxylic acids is 1. The topological polar surface area (TPSA) is 97.0 Å². The second-order valence-corrected chi connectivity index (χ2v) is 6.27. The molecule has 0 bridgehead atoms. The minimum absolute atomic E-state index is 0.00391. The van der Waals surface area contributed by atoms with Gasteiger partial charge in [-0.15, -0.1) is 0 Å². The molecule has 0 aliphatic carbocycles. The highest BCUT2D eigenvalue weighted by molar-refractivity contribution is 5.92. The van der Waals surface area contributed by atoms with Crippen LogP contribution < -0.4 is 5.32 Å². The van der Waals surface area contributed by atoms with Crippen molar-refractivity contribution < 1.29 is 9.32 Å². The van der Waals surface area contributed by atoms with Gasteiger partial charge in [0.05, 0.1) is 6.04 Å². The largest absolute Gasteiger partial charge is 0.347 e. The average Bonchev–Trinajstić information content (AvgIpc) is 3.30. The van der Waals surface area contributed by atoms with E-state index in [0.717, 1.165) is 5.56 Å². The zero-order valence-electron chi connectivity index (χ0n) is 14.2. The van der Waals surface area contributed by atoms with Crippen LogP contribution in [0.1, 0.15) is 28.8 Å². The predicted molar refractivity (Wildman–Crippen MR) is 93.0 cm³/mol. The van der Waals surface area contributed by atoms with Crippen LogP contribution in [0.15, 0.2) is 53.4 Å². The van der Waals surface area contributed by atoms with Crippen molar-refractivity contribution in [2.45, 2.75) is 18.5 Å². The van der Waals surface area contributed by atoms with E-state index in [0.29, 0.717) is 30.4 Å². The van der Waals surface area contributed by atoms with E-state index in [1.807, 2.05) is 19.2 Å². The number of carbonyl (C=O) groups is 1. The number of pyridine rings is 2. The van der Waals surface area contributed by atoms with Crippen molar-refractivity contribution in [3.63, 3.8) is 0 Å². The summed E-state index contributed by atoms with van der Waals surface area (Å²) in [5.41, 5.74) is 1.27. The third-order valence-electron chi connectivity index (χ3n) is 4.45. The molecule has 3 aromatic rings. The lowest BCUT2D eigenvalue weighted by atomic mass is 10.1. The van der Waals surface area contributed by atoms with Crippen molar-refractivity contribution in [2.75, 3.05) is 13.6 Å². The zero-order valence-corrected chi connectivity index (χ0v) is 14.2. The Hall–Kier alpha value is -3.13. The summed E-state index contributed by atoms with van der Waals surface area (Å²) < 4.78 is 5.46. The fraction of sp³-hybridized carbons (Fsp3) is 0.278. The SMILES string of the molecule is CN1CC(NC(=O)c2ccccn2)CC1c1nc(-c2ccncc2)no1. The molecule has 1 N–H and O–H groups in total. The van der Waals surface area contributed by atoms with Gasteiger partial charge in [-0.25, -0.2) is 0 Å². The van der Waals surface area contributed by atoms with Gasteiger partial charge in [0.2, 0.25) is 11.7 Å². The fourth-order valence-corrected chi connectivity index (χ4v) is 3.14. The molecule has 2 atom stereocenters. The third-order valence-corrected chi connectivity index (χ3v) is 4.45. The van der Waals surface area contributed by atoms with E-state index in [2.05, 4.69) is 30.3 Å². The number of likely N-dealkylation sites (tertiary alicyclic amines) is 1. The lowest BCUT2D eigenvalue weighted by Crippen LogP contribution is -2.36. The van der Waals surface area contributed by atoms with E-state index >= 15 is 0 Å². The van der Waals surface area contributed by atoms with E-state index in [4.69, 9.17) is 4.52 Å². The monoisotopic (exact) mass is 350 g/mol. The van der Waals surface area contributed by atoms with Crippen LogP contribution in [0.3, 0.4) is 0 Å². The first-order chi connectivity index (χ1) is 12.7. The lowest BCUT2D eigenvalue weighted by Gasteiger charge is -2.14. The van der Waals surface area contributed by atoms with E-state index < -0.39 is 0 Å². The normalized spacial score (nSPS) is 20.2. The standard InChI is InChI=1S/C18H18N6O2/c1-24-11-13(21-17(25)14-4-2-3-7-20-14)10-15(24)18-22-16(23-26-18)12-5-8-19-9-6-12/h2-9,13,15H,10-11H2,1H3,(H,21,25). The summed E-state index contributed by atoms with van der Waals surface area (Å²) >= 11 is 0. The highest BCUT2D eigenvalue weighted by Gasteiger charge is 2.35. The summed E-state index contributed by atoms with van der Waals surface area (Å²) in [4.78, 5) is 27.0. The average molecular weight is 350 g/mol. The van der Waals surface area contributed by atoms with E-state index in [-0.39, 0.29) is 18.0 Å². The first-order valence-electron chi connectivity index (χ1n) is 8.37. The summed E-state index contributed by atoms with van der Waals surface area (Å²) in [6.45, 7) is 0.705. The van der Waals surface area contributed by atoms with Crippen LogP contribution in [-0.4, -0.2) is 50.5 Å². The number of hydrogen-bond donors (Lipinski definition) is 1. The molecule has 1 aliphatic heterocycles. The number of nitrogens with one attached hydrogen (secondary N) is 1. The minimum Gasteiger partial charge on any atom is -0.347 e. The summed E-state index contributed by atoms with van der Waals surface area (Å²) in [5, 5.41) is 7.08. The Morgan fingerprint density at radius 1 is 1.23 bits per heavy atom. The van der Waals surface area contributed by atoms with E-state index in [1.165, 1.54) is 0 Å². The fourth-order valence-electron chi connectivity index (χ4n) is 3.14. The van der Waals surface area contributed by atoms with Crippen molar-refractivity contribution in [1.82, 2.24) is 30.3 Å². The summed E-state index contributed by atoms with van der Waals surface area (Å²) in [7, 11) is 1.98. The smallest absolute Gasteiger partial charge is 0.270 e. The lowest BCUT2D eigenvalue weighted by molar-refractivity contribution is 0.0933. The molecule has 1 amide bonds. The second-order valence-electron chi connectivity index (χ2n) is 6.27. The molecular formula is C18H18N6O2. The van der Waals surface area contributed by atoms with Gasteiger partial charge in [-0.05, 0) is 37.7 Å². The number of rotatable bonds is 4. The first-order valence-corrected chi connectivity index (χ1v) is 8.37. The van der Waals surface area contributed by atoms with Gasteiger partial charge in [-0.2, -0.15) is 4.98 Å². The third kappa shape index (κ3) is 3.31. The number of amides is 1. The van der Waals surface area contributed by atoms with Crippen LogP contribution in [0.25, 0.3) is 11.4 Å². The summed E-state index contributed by atoms with van der Waals surface area (Å²) in [5.74, 6) is 0.915. The van der Waals surface area contributed by atoms with Gasteiger partial charge >= 0.3 is 0 Å². The van der Waals surface area contributed by atoms with Crippen molar-refractivity contribution in [1.29, 1.82) is 0 Å². The molecule has 0 spiro atoms.